The highest BCUT2D eigenvalue weighted by molar-refractivity contribution is 5.83. The Morgan fingerprint density at radius 3 is 0.530 bits per heavy atom. The summed E-state index contributed by atoms with van der Waals surface area (Å²) in [7, 11) is 6.75. The molecule has 0 heterocycles. The number of aryl methyl sites for hydroxylation is 1. The first-order chi connectivity index (χ1) is 32.4. The smallest absolute Gasteiger partial charge is 0.119 e. The molecule has 0 amide bonds. The Hall–Kier alpha value is -8.42. The quantitative estimate of drug-likeness (QED) is 0.102. The maximum absolute atomic E-state index is 5.53. The van der Waals surface area contributed by atoms with Gasteiger partial charge in [-0.15, -0.1) is 0 Å². The van der Waals surface area contributed by atoms with Crippen molar-refractivity contribution in [3.63, 3.8) is 0 Å². The highest BCUT2D eigenvalue weighted by atomic mass is 16.5. The van der Waals surface area contributed by atoms with Crippen LogP contribution in [0.25, 0.3) is 22.3 Å². The van der Waals surface area contributed by atoms with Gasteiger partial charge in [0.1, 0.15) is 23.0 Å². The van der Waals surface area contributed by atoms with Crippen LogP contribution in [0, 0.1) is 6.92 Å². The van der Waals surface area contributed by atoms with Crippen molar-refractivity contribution in [3.8, 4) is 45.3 Å². The summed E-state index contributed by atoms with van der Waals surface area (Å²) in [6, 6.07) is 76.1. The molecule has 0 spiro atoms. The van der Waals surface area contributed by atoms with Crippen LogP contribution in [0.3, 0.4) is 0 Å². The van der Waals surface area contributed by atoms with E-state index in [0.717, 1.165) is 96.4 Å². The number of anilines is 9. The molecule has 66 heavy (non-hydrogen) atoms. The molecule has 0 atom stereocenters. The van der Waals surface area contributed by atoms with Crippen LogP contribution in [-0.2, 0) is 0 Å². The van der Waals surface area contributed by atoms with Gasteiger partial charge in [-0.1, -0.05) is 66.2 Å². The van der Waals surface area contributed by atoms with E-state index in [9.17, 15) is 0 Å². The molecule has 9 rings (SSSR count). The Labute approximate surface area is 387 Å². The Bertz CT molecular complexity index is 2910. The lowest BCUT2D eigenvalue weighted by Gasteiger charge is -2.27. The first-order valence-electron chi connectivity index (χ1n) is 21.9. The summed E-state index contributed by atoms with van der Waals surface area (Å²) in [6.07, 6.45) is 0. The minimum Gasteiger partial charge on any atom is -0.497 e. The van der Waals surface area contributed by atoms with Crippen LogP contribution in [0.1, 0.15) is 5.56 Å². The van der Waals surface area contributed by atoms with E-state index in [2.05, 4.69) is 191 Å². The van der Waals surface area contributed by atoms with Gasteiger partial charge in [0, 0.05) is 51.2 Å². The van der Waals surface area contributed by atoms with E-state index in [1.165, 1.54) is 5.56 Å². The highest BCUT2D eigenvalue weighted by Crippen LogP contribution is 2.41. The SMILES string of the molecule is COc1ccc(N(c2ccc(C)cc2)c2ccc(-c3ccc(N(c4ccc(OC)cc4)c4ccc(-c5ccc(N(c6ccc(OC)cc6)c6ccc(OC)cc6)cc5)cc4)cc3)cc2)cc1. The Morgan fingerprint density at radius 1 is 0.212 bits per heavy atom. The third-order valence-corrected chi connectivity index (χ3v) is 11.8. The van der Waals surface area contributed by atoms with Gasteiger partial charge in [0.05, 0.1) is 28.4 Å². The maximum Gasteiger partial charge on any atom is 0.119 e. The van der Waals surface area contributed by atoms with Crippen molar-refractivity contribution in [3.05, 3.63) is 224 Å². The van der Waals surface area contributed by atoms with Crippen molar-refractivity contribution in [2.24, 2.45) is 0 Å². The average molecular weight is 866 g/mol. The lowest BCUT2D eigenvalue weighted by Crippen LogP contribution is -2.10. The van der Waals surface area contributed by atoms with Crippen molar-refractivity contribution >= 4 is 51.2 Å². The van der Waals surface area contributed by atoms with Gasteiger partial charge < -0.3 is 33.6 Å². The van der Waals surface area contributed by atoms with E-state index in [1.54, 1.807) is 28.4 Å². The molecule has 9 aromatic rings. The summed E-state index contributed by atoms with van der Waals surface area (Å²) in [4.78, 5) is 6.76. The van der Waals surface area contributed by atoms with Crippen LogP contribution in [0.4, 0.5) is 51.2 Å². The number of hydrogen-bond donors (Lipinski definition) is 0. The van der Waals surface area contributed by atoms with Gasteiger partial charge in [0.2, 0.25) is 0 Å². The maximum atomic E-state index is 5.53. The zero-order chi connectivity index (χ0) is 45.4. The van der Waals surface area contributed by atoms with Crippen molar-refractivity contribution in [1.82, 2.24) is 0 Å². The third-order valence-electron chi connectivity index (χ3n) is 11.8. The van der Waals surface area contributed by atoms with E-state index in [-0.39, 0.29) is 0 Å². The first kappa shape index (κ1) is 42.9. The molecule has 0 unspecified atom stereocenters. The fourth-order valence-electron chi connectivity index (χ4n) is 8.17. The van der Waals surface area contributed by atoms with E-state index in [1.807, 2.05) is 48.5 Å². The Morgan fingerprint density at radius 2 is 0.364 bits per heavy atom. The predicted molar refractivity (Wildman–Crippen MR) is 272 cm³/mol. The summed E-state index contributed by atoms with van der Waals surface area (Å²) >= 11 is 0. The highest BCUT2D eigenvalue weighted by Gasteiger charge is 2.17. The van der Waals surface area contributed by atoms with Crippen LogP contribution in [0.5, 0.6) is 23.0 Å². The zero-order valence-electron chi connectivity index (χ0n) is 37.8. The van der Waals surface area contributed by atoms with Gasteiger partial charge in [-0.2, -0.15) is 0 Å². The number of benzene rings is 9. The van der Waals surface area contributed by atoms with E-state index in [0.29, 0.717) is 0 Å². The number of ether oxygens (including phenoxy) is 4. The number of rotatable bonds is 15. The monoisotopic (exact) mass is 865 g/mol. The molecule has 0 aliphatic rings. The van der Waals surface area contributed by atoms with Gasteiger partial charge in [0.15, 0.2) is 0 Å². The van der Waals surface area contributed by atoms with Crippen LogP contribution in [-0.4, -0.2) is 28.4 Å². The van der Waals surface area contributed by atoms with E-state index < -0.39 is 0 Å². The molecule has 0 aliphatic heterocycles. The average Bonchev–Trinajstić information content (AvgIpc) is 3.39. The molecule has 0 bridgehead atoms. The second-order valence-electron chi connectivity index (χ2n) is 15.8. The number of nitrogens with zero attached hydrogens (tertiary/aromatic N) is 3. The molecular weight excluding hydrogens is 815 g/mol. The van der Waals surface area contributed by atoms with Gasteiger partial charge in [-0.05, 0) is 187 Å². The molecule has 0 N–H and O–H groups in total. The lowest BCUT2D eigenvalue weighted by molar-refractivity contribution is 0.414. The molecule has 0 saturated heterocycles. The van der Waals surface area contributed by atoms with Gasteiger partial charge in [-0.25, -0.2) is 0 Å². The fourth-order valence-corrected chi connectivity index (χ4v) is 8.17. The second-order valence-corrected chi connectivity index (χ2v) is 15.8. The predicted octanol–water partition coefficient (Wildman–Crippen LogP) is 15.8. The van der Waals surface area contributed by atoms with Crippen molar-refractivity contribution in [2.45, 2.75) is 6.92 Å². The number of methoxy groups -OCH3 is 4. The summed E-state index contributed by atoms with van der Waals surface area (Å²) in [5.74, 6) is 3.25. The molecule has 0 aliphatic carbocycles. The molecule has 0 radical (unpaired) electrons. The summed E-state index contributed by atoms with van der Waals surface area (Å²) in [6.45, 7) is 2.11. The van der Waals surface area contributed by atoms with Gasteiger partial charge in [-0.3, -0.25) is 0 Å². The molecule has 7 heteroatoms. The minimum atomic E-state index is 0.807. The summed E-state index contributed by atoms with van der Waals surface area (Å²) < 4.78 is 21.9. The Balaban J connectivity index is 0.982. The van der Waals surface area contributed by atoms with E-state index in [4.69, 9.17) is 18.9 Å². The molecule has 7 nitrogen and oxygen atoms in total. The van der Waals surface area contributed by atoms with Crippen LogP contribution in [0.15, 0.2) is 218 Å². The first-order valence-corrected chi connectivity index (χ1v) is 21.9. The van der Waals surface area contributed by atoms with Gasteiger partial charge >= 0.3 is 0 Å². The molecule has 0 aromatic heterocycles. The minimum absolute atomic E-state index is 0.807. The van der Waals surface area contributed by atoms with Crippen molar-refractivity contribution < 1.29 is 18.9 Å². The Kier molecular flexibility index (Phi) is 12.7. The van der Waals surface area contributed by atoms with Crippen molar-refractivity contribution in [1.29, 1.82) is 0 Å². The number of hydrogen-bond acceptors (Lipinski definition) is 7. The van der Waals surface area contributed by atoms with Crippen LogP contribution in [0.2, 0.25) is 0 Å². The van der Waals surface area contributed by atoms with Gasteiger partial charge in [0.25, 0.3) is 0 Å². The molecule has 326 valence electrons. The van der Waals surface area contributed by atoms with Crippen LogP contribution >= 0.6 is 0 Å². The third kappa shape index (κ3) is 9.28. The lowest BCUT2D eigenvalue weighted by atomic mass is 10.0. The summed E-state index contributed by atoms with van der Waals surface area (Å²) in [5.41, 5.74) is 15.1. The topological polar surface area (TPSA) is 46.6 Å². The van der Waals surface area contributed by atoms with Crippen LogP contribution < -0.4 is 33.6 Å². The van der Waals surface area contributed by atoms with E-state index >= 15 is 0 Å². The molecule has 0 fully saturated rings. The zero-order valence-corrected chi connectivity index (χ0v) is 37.8. The second kappa shape index (κ2) is 19.5. The standard InChI is InChI=1S/C59H51N3O4/c1-42-6-16-47(17-7-42)60(52-26-34-56(63-2)35-27-52)48-18-8-43(9-19-48)44-10-20-49(21-11-44)61(53-28-36-57(64-3)37-29-53)50-22-12-45(13-23-50)46-14-24-51(25-15-46)62(54-30-38-58(65-4)39-31-54)55-32-40-59(66-5)41-33-55/h6-41H,1-5H3. The molecule has 9 aromatic carbocycles. The summed E-state index contributed by atoms with van der Waals surface area (Å²) in [5, 5.41) is 0. The molecule has 0 saturated carbocycles. The van der Waals surface area contributed by atoms with Crippen molar-refractivity contribution in [2.75, 3.05) is 43.1 Å². The largest absolute Gasteiger partial charge is 0.497 e. The normalized spacial score (nSPS) is 10.8. The molecular formula is C59H51N3O4. The fraction of sp³-hybridized carbons (Fsp3) is 0.0847.